The second kappa shape index (κ2) is 10.3. The first-order chi connectivity index (χ1) is 16.3. The standard InChI is InChI=1S/C26H30N2O6/c1-15(25(30)31)16(2)28-24(29)17-11-18(33-13-17)12-27-26(32)34-14-23-21-9-5-3-7-19(21)20-8-4-6-10-22(20)23/h3-10,15-18,23H,11-14H2,1-2H3,(H,27,32)(H,28,29)(H,30,31)/t15?,16?,17-,18-/m0/s1. The van der Waals surface area contributed by atoms with Crippen LogP contribution in [0.15, 0.2) is 48.5 Å². The molecular weight excluding hydrogens is 436 g/mol. The van der Waals surface area contributed by atoms with Crippen molar-refractivity contribution >= 4 is 18.0 Å². The number of amides is 2. The van der Waals surface area contributed by atoms with Crippen molar-refractivity contribution in [2.75, 3.05) is 19.8 Å². The van der Waals surface area contributed by atoms with Crippen LogP contribution in [0.3, 0.4) is 0 Å². The van der Waals surface area contributed by atoms with E-state index in [0.717, 1.165) is 11.1 Å². The summed E-state index contributed by atoms with van der Waals surface area (Å²) in [6.07, 6.45) is -0.380. The highest BCUT2D eigenvalue weighted by Gasteiger charge is 2.33. The van der Waals surface area contributed by atoms with Crippen LogP contribution in [-0.2, 0) is 19.1 Å². The minimum Gasteiger partial charge on any atom is -0.481 e. The van der Waals surface area contributed by atoms with Crippen molar-refractivity contribution in [3.8, 4) is 11.1 Å². The fourth-order valence-corrected chi connectivity index (χ4v) is 4.56. The molecule has 0 saturated carbocycles. The topological polar surface area (TPSA) is 114 Å². The Morgan fingerprint density at radius 3 is 2.29 bits per heavy atom. The Hall–Kier alpha value is -3.39. The fraction of sp³-hybridized carbons (Fsp3) is 0.423. The number of carbonyl (C=O) groups is 3. The van der Waals surface area contributed by atoms with Gasteiger partial charge in [-0.2, -0.15) is 0 Å². The summed E-state index contributed by atoms with van der Waals surface area (Å²) in [6.45, 7) is 3.93. The molecule has 4 rings (SSSR count). The van der Waals surface area contributed by atoms with Gasteiger partial charge in [-0.15, -0.1) is 0 Å². The largest absolute Gasteiger partial charge is 0.481 e. The number of alkyl carbamates (subject to hydrolysis) is 1. The Kier molecular flexibility index (Phi) is 7.17. The molecule has 1 saturated heterocycles. The molecule has 2 aromatic carbocycles. The van der Waals surface area contributed by atoms with Gasteiger partial charge in [0, 0.05) is 18.5 Å². The summed E-state index contributed by atoms with van der Waals surface area (Å²) >= 11 is 0. The monoisotopic (exact) mass is 466 g/mol. The third-order valence-corrected chi connectivity index (χ3v) is 6.78. The number of aliphatic carboxylic acids is 1. The Morgan fingerprint density at radius 2 is 1.68 bits per heavy atom. The van der Waals surface area contributed by atoms with E-state index in [2.05, 4.69) is 34.9 Å². The zero-order chi connectivity index (χ0) is 24.2. The van der Waals surface area contributed by atoms with Crippen LogP contribution >= 0.6 is 0 Å². The number of rotatable bonds is 8. The second-order valence-corrected chi connectivity index (χ2v) is 9.02. The van der Waals surface area contributed by atoms with Crippen LogP contribution in [-0.4, -0.2) is 55.0 Å². The molecule has 1 aliphatic heterocycles. The number of carboxylic acid groups (broad SMARTS) is 1. The van der Waals surface area contributed by atoms with E-state index in [-0.39, 0.29) is 43.6 Å². The van der Waals surface area contributed by atoms with Gasteiger partial charge in [-0.1, -0.05) is 48.5 Å². The highest BCUT2D eigenvalue weighted by atomic mass is 16.5. The van der Waals surface area contributed by atoms with E-state index >= 15 is 0 Å². The number of ether oxygens (including phenoxy) is 2. The minimum atomic E-state index is -0.958. The molecule has 0 bridgehead atoms. The van der Waals surface area contributed by atoms with Crippen molar-refractivity contribution in [2.24, 2.45) is 11.8 Å². The zero-order valence-electron chi connectivity index (χ0n) is 19.3. The number of carboxylic acids is 1. The summed E-state index contributed by atoms with van der Waals surface area (Å²) in [5, 5.41) is 14.6. The lowest BCUT2D eigenvalue weighted by Gasteiger charge is -2.19. The normalized spacial score (nSPS) is 20.6. The van der Waals surface area contributed by atoms with Crippen LogP contribution in [0.2, 0.25) is 0 Å². The number of hydrogen-bond donors (Lipinski definition) is 3. The molecule has 2 aliphatic rings. The molecular formula is C26H30N2O6. The maximum atomic E-state index is 12.4. The van der Waals surface area contributed by atoms with Crippen LogP contribution in [0, 0.1) is 11.8 Å². The van der Waals surface area contributed by atoms with Gasteiger partial charge < -0.3 is 25.2 Å². The Morgan fingerprint density at radius 1 is 1.06 bits per heavy atom. The van der Waals surface area contributed by atoms with Crippen LogP contribution in [0.1, 0.15) is 37.3 Å². The van der Waals surface area contributed by atoms with E-state index in [9.17, 15) is 14.4 Å². The van der Waals surface area contributed by atoms with Gasteiger partial charge in [0.05, 0.1) is 24.5 Å². The van der Waals surface area contributed by atoms with Crippen molar-refractivity contribution in [3.63, 3.8) is 0 Å². The minimum absolute atomic E-state index is 0.0101. The number of carbonyl (C=O) groups excluding carboxylic acids is 2. The van der Waals surface area contributed by atoms with Gasteiger partial charge in [0.1, 0.15) is 6.61 Å². The van der Waals surface area contributed by atoms with Gasteiger partial charge in [0.25, 0.3) is 0 Å². The van der Waals surface area contributed by atoms with Gasteiger partial charge >= 0.3 is 12.1 Å². The molecule has 0 radical (unpaired) electrons. The summed E-state index contributed by atoms with van der Waals surface area (Å²) in [7, 11) is 0. The number of benzene rings is 2. The maximum absolute atomic E-state index is 12.4. The molecule has 1 aliphatic carbocycles. The SMILES string of the molecule is CC(NC(=O)[C@@H]1CO[C@H](CNC(=O)OCC2c3ccccc3-c3ccccc32)C1)C(C)C(=O)O. The fourth-order valence-electron chi connectivity index (χ4n) is 4.56. The molecule has 3 N–H and O–H groups in total. The lowest BCUT2D eigenvalue weighted by atomic mass is 9.98. The van der Waals surface area contributed by atoms with Crippen molar-refractivity contribution in [1.29, 1.82) is 0 Å². The van der Waals surface area contributed by atoms with Crippen molar-refractivity contribution in [3.05, 3.63) is 59.7 Å². The number of fused-ring (bicyclic) bond motifs is 3. The third-order valence-electron chi connectivity index (χ3n) is 6.78. The predicted octanol–water partition coefficient (Wildman–Crippen LogP) is 3.16. The Labute approximate surface area is 198 Å². The van der Waals surface area contributed by atoms with E-state index < -0.39 is 24.0 Å². The number of hydrogen-bond acceptors (Lipinski definition) is 5. The molecule has 0 spiro atoms. The van der Waals surface area contributed by atoms with Crippen LogP contribution in [0.4, 0.5) is 4.79 Å². The molecule has 1 fully saturated rings. The summed E-state index contributed by atoms with van der Waals surface area (Å²) in [4.78, 5) is 35.9. The highest BCUT2D eigenvalue weighted by Crippen LogP contribution is 2.44. The summed E-state index contributed by atoms with van der Waals surface area (Å²) in [6, 6.07) is 15.8. The third kappa shape index (κ3) is 5.07. The lowest BCUT2D eigenvalue weighted by Crippen LogP contribution is -2.43. The molecule has 1 heterocycles. The molecule has 34 heavy (non-hydrogen) atoms. The van der Waals surface area contributed by atoms with Crippen molar-refractivity contribution in [1.82, 2.24) is 10.6 Å². The maximum Gasteiger partial charge on any atom is 0.407 e. The van der Waals surface area contributed by atoms with E-state index in [1.165, 1.54) is 11.1 Å². The van der Waals surface area contributed by atoms with E-state index in [1.807, 2.05) is 24.3 Å². The Balaban J connectivity index is 1.23. The van der Waals surface area contributed by atoms with Crippen LogP contribution in [0.5, 0.6) is 0 Å². The van der Waals surface area contributed by atoms with E-state index in [0.29, 0.717) is 6.42 Å². The molecule has 2 aromatic rings. The van der Waals surface area contributed by atoms with Crippen molar-refractivity contribution < 1.29 is 29.0 Å². The summed E-state index contributed by atoms with van der Waals surface area (Å²) < 4.78 is 11.2. The van der Waals surface area contributed by atoms with Gasteiger partial charge in [-0.25, -0.2) is 4.79 Å². The molecule has 8 heteroatoms. The predicted molar refractivity (Wildman–Crippen MR) is 125 cm³/mol. The molecule has 2 amide bonds. The van der Waals surface area contributed by atoms with Crippen molar-refractivity contribution in [2.45, 2.75) is 38.3 Å². The average Bonchev–Trinajstić information content (AvgIpc) is 3.44. The van der Waals surface area contributed by atoms with Gasteiger partial charge in [-0.3, -0.25) is 9.59 Å². The highest BCUT2D eigenvalue weighted by molar-refractivity contribution is 5.81. The Bertz CT molecular complexity index is 1030. The van der Waals surface area contributed by atoms with Gasteiger partial charge in [-0.05, 0) is 42.5 Å². The zero-order valence-corrected chi connectivity index (χ0v) is 19.3. The molecule has 0 aromatic heterocycles. The van der Waals surface area contributed by atoms with Crippen LogP contribution in [0.25, 0.3) is 11.1 Å². The first-order valence-electron chi connectivity index (χ1n) is 11.6. The molecule has 8 nitrogen and oxygen atoms in total. The summed E-state index contributed by atoms with van der Waals surface area (Å²) in [5.74, 6) is -2.26. The quantitative estimate of drug-likeness (QED) is 0.551. The number of nitrogens with one attached hydrogen (secondary N) is 2. The second-order valence-electron chi connectivity index (χ2n) is 9.02. The molecule has 180 valence electrons. The van der Waals surface area contributed by atoms with Crippen LogP contribution < -0.4 is 10.6 Å². The first-order valence-corrected chi connectivity index (χ1v) is 11.6. The summed E-state index contributed by atoms with van der Waals surface area (Å²) in [5.41, 5.74) is 4.64. The van der Waals surface area contributed by atoms with E-state index in [1.54, 1.807) is 13.8 Å². The molecule has 4 atom stereocenters. The smallest absolute Gasteiger partial charge is 0.407 e. The van der Waals surface area contributed by atoms with Gasteiger partial charge in [0.2, 0.25) is 5.91 Å². The first kappa shape index (κ1) is 23.8. The van der Waals surface area contributed by atoms with Gasteiger partial charge in [0.15, 0.2) is 0 Å². The molecule has 2 unspecified atom stereocenters. The van der Waals surface area contributed by atoms with E-state index in [4.69, 9.17) is 14.6 Å². The average molecular weight is 467 g/mol. The lowest BCUT2D eigenvalue weighted by molar-refractivity contribution is -0.142.